The Hall–Kier alpha value is -1.56. The van der Waals surface area contributed by atoms with Crippen molar-refractivity contribution in [3.05, 3.63) is 29.8 Å². The first-order chi connectivity index (χ1) is 8.74. The van der Waals surface area contributed by atoms with Crippen LogP contribution in [0.2, 0.25) is 0 Å². The Balaban J connectivity index is 2.87. The van der Waals surface area contributed by atoms with Crippen LogP contribution in [0.4, 0.5) is 5.69 Å². The Labute approximate surface area is 113 Å². The lowest BCUT2D eigenvalue weighted by Gasteiger charge is -2.20. The zero-order valence-corrected chi connectivity index (χ0v) is 12.1. The lowest BCUT2D eigenvalue weighted by Crippen LogP contribution is -2.29. The number of benzene rings is 1. The molecule has 6 heteroatoms. The van der Waals surface area contributed by atoms with Crippen molar-refractivity contribution in [1.82, 2.24) is 0 Å². The molecule has 0 fully saturated rings. The molecular formula is C13H19NO4S. The van der Waals surface area contributed by atoms with E-state index in [0.29, 0.717) is 18.0 Å². The summed E-state index contributed by atoms with van der Waals surface area (Å²) in [5.41, 5.74) is 0.602. The average Bonchev–Trinajstić information content (AvgIpc) is 2.35. The number of sulfonamides is 1. The van der Waals surface area contributed by atoms with E-state index in [0.717, 1.165) is 0 Å². The minimum Gasteiger partial charge on any atom is -0.478 e. The van der Waals surface area contributed by atoms with Gasteiger partial charge >= 0.3 is 5.97 Å². The molecule has 0 spiro atoms. The van der Waals surface area contributed by atoms with E-state index in [-0.39, 0.29) is 11.3 Å². The Kier molecular flexibility index (Phi) is 4.94. The van der Waals surface area contributed by atoms with Crippen molar-refractivity contribution in [1.29, 1.82) is 0 Å². The minimum atomic E-state index is -3.36. The van der Waals surface area contributed by atoms with Crippen LogP contribution in [0, 0.1) is 5.92 Å². The molecule has 0 aromatic heterocycles. The maximum atomic E-state index is 12.1. The Morgan fingerprint density at radius 2 is 1.79 bits per heavy atom. The van der Waals surface area contributed by atoms with Crippen LogP contribution in [-0.2, 0) is 10.0 Å². The average molecular weight is 285 g/mol. The molecule has 0 atom stereocenters. The molecule has 1 rings (SSSR count). The normalized spacial score (nSPS) is 11.6. The zero-order valence-electron chi connectivity index (χ0n) is 11.3. The standard InChI is InChI=1S/C13H19NO4S/c1-10(2)8-9-19(17,18)14(3)12-6-4-11(5-7-12)13(15)16/h4-7,10H,8-9H2,1-3H3,(H,15,16). The third kappa shape index (κ3) is 4.24. The second-order valence-electron chi connectivity index (χ2n) is 4.82. The van der Waals surface area contributed by atoms with Crippen molar-refractivity contribution < 1.29 is 18.3 Å². The first kappa shape index (κ1) is 15.5. The van der Waals surface area contributed by atoms with E-state index in [4.69, 9.17) is 5.11 Å². The molecule has 0 amide bonds. The summed E-state index contributed by atoms with van der Waals surface area (Å²) in [6.45, 7) is 3.94. The highest BCUT2D eigenvalue weighted by Crippen LogP contribution is 2.18. The molecule has 0 aliphatic rings. The SMILES string of the molecule is CC(C)CCS(=O)(=O)N(C)c1ccc(C(=O)O)cc1. The fourth-order valence-corrected chi connectivity index (χ4v) is 2.98. The number of anilines is 1. The molecule has 0 aliphatic carbocycles. The molecule has 0 aliphatic heterocycles. The van der Waals surface area contributed by atoms with Gasteiger partial charge in [-0.2, -0.15) is 0 Å². The molecule has 0 heterocycles. The summed E-state index contributed by atoms with van der Waals surface area (Å²) in [6, 6.07) is 5.78. The van der Waals surface area contributed by atoms with E-state index in [2.05, 4.69) is 0 Å². The topological polar surface area (TPSA) is 74.7 Å². The van der Waals surface area contributed by atoms with Crippen LogP contribution in [0.1, 0.15) is 30.6 Å². The molecule has 1 N–H and O–H groups in total. The molecule has 0 unspecified atom stereocenters. The summed E-state index contributed by atoms with van der Waals surface area (Å²) in [7, 11) is -1.88. The number of hydrogen-bond donors (Lipinski definition) is 1. The van der Waals surface area contributed by atoms with Crippen LogP contribution < -0.4 is 4.31 Å². The molecular weight excluding hydrogens is 266 g/mol. The molecule has 5 nitrogen and oxygen atoms in total. The van der Waals surface area contributed by atoms with Gasteiger partial charge in [0.05, 0.1) is 17.0 Å². The van der Waals surface area contributed by atoms with Crippen LogP contribution in [0.5, 0.6) is 0 Å². The fraction of sp³-hybridized carbons (Fsp3) is 0.462. The van der Waals surface area contributed by atoms with E-state index in [1.807, 2.05) is 13.8 Å². The predicted octanol–water partition coefficient (Wildman–Crippen LogP) is 2.20. The van der Waals surface area contributed by atoms with Gasteiger partial charge in [-0.1, -0.05) is 13.8 Å². The van der Waals surface area contributed by atoms with E-state index < -0.39 is 16.0 Å². The summed E-state index contributed by atoms with van der Waals surface area (Å²) < 4.78 is 25.3. The number of carbonyl (C=O) groups is 1. The van der Waals surface area contributed by atoms with Crippen LogP contribution in [0.25, 0.3) is 0 Å². The Bertz CT molecular complexity index is 534. The van der Waals surface area contributed by atoms with Crippen molar-refractivity contribution in [2.24, 2.45) is 5.92 Å². The number of hydrogen-bond acceptors (Lipinski definition) is 3. The predicted molar refractivity (Wildman–Crippen MR) is 75.0 cm³/mol. The monoisotopic (exact) mass is 285 g/mol. The van der Waals surface area contributed by atoms with Crippen molar-refractivity contribution in [3.8, 4) is 0 Å². The van der Waals surface area contributed by atoms with Crippen LogP contribution in [0.3, 0.4) is 0 Å². The van der Waals surface area contributed by atoms with Gasteiger partial charge in [0.15, 0.2) is 0 Å². The number of rotatable bonds is 6. The molecule has 1 aromatic carbocycles. The molecule has 1 aromatic rings. The zero-order chi connectivity index (χ0) is 14.6. The second kappa shape index (κ2) is 6.06. The van der Waals surface area contributed by atoms with Gasteiger partial charge in [0.25, 0.3) is 0 Å². The molecule has 106 valence electrons. The fourth-order valence-electron chi connectivity index (χ4n) is 1.50. The summed E-state index contributed by atoms with van der Waals surface area (Å²) in [6.07, 6.45) is 0.597. The summed E-state index contributed by atoms with van der Waals surface area (Å²) in [5, 5.41) is 8.79. The van der Waals surface area contributed by atoms with E-state index in [1.54, 1.807) is 0 Å². The summed E-state index contributed by atoms with van der Waals surface area (Å²) in [5.74, 6) is -0.628. The van der Waals surface area contributed by atoms with Gasteiger partial charge in [-0.25, -0.2) is 13.2 Å². The van der Waals surface area contributed by atoms with E-state index in [1.165, 1.54) is 35.6 Å². The molecule has 0 bridgehead atoms. The largest absolute Gasteiger partial charge is 0.478 e. The summed E-state index contributed by atoms with van der Waals surface area (Å²) >= 11 is 0. The third-order valence-electron chi connectivity index (χ3n) is 2.85. The quantitative estimate of drug-likeness (QED) is 0.869. The Morgan fingerprint density at radius 3 is 2.21 bits per heavy atom. The summed E-state index contributed by atoms with van der Waals surface area (Å²) in [4.78, 5) is 10.7. The maximum Gasteiger partial charge on any atom is 0.335 e. The van der Waals surface area contributed by atoms with Crippen LogP contribution >= 0.6 is 0 Å². The second-order valence-corrected chi connectivity index (χ2v) is 6.94. The molecule has 0 saturated carbocycles. The van der Waals surface area contributed by atoms with Gasteiger partial charge in [-0.05, 0) is 36.6 Å². The molecule has 0 saturated heterocycles. The van der Waals surface area contributed by atoms with Crippen molar-refractivity contribution >= 4 is 21.7 Å². The van der Waals surface area contributed by atoms with Gasteiger partial charge in [0.2, 0.25) is 10.0 Å². The first-order valence-corrected chi connectivity index (χ1v) is 7.65. The smallest absolute Gasteiger partial charge is 0.335 e. The number of carboxylic acid groups (broad SMARTS) is 1. The highest BCUT2D eigenvalue weighted by molar-refractivity contribution is 7.92. The highest BCUT2D eigenvalue weighted by atomic mass is 32.2. The van der Waals surface area contributed by atoms with E-state index in [9.17, 15) is 13.2 Å². The Morgan fingerprint density at radius 1 is 1.26 bits per heavy atom. The van der Waals surface area contributed by atoms with Crippen molar-refractivity contribution in [2.75, 3.05) is 17.1 Å². The number of aromatic carboxylic acids is 1. The maximum absolute atomic E-state index is 12.1. The van der Waals surface area contributed by atoms with Gasteiger partial charge in [0, 0.05) is 7.05 Å². The van der Waals surface area contributed by atoms with Gasteiger partial charge in [-0.15, -0.1) is 0 Å². The lowest BCUT2D eigenvalue weighted by atomic mass is 10.2. The number of carboxylic acids is 1. The van der Waals surface area contributed by atoms with E-state index >= 15 is 0 Å². The van der Waals surface area contributed by atoms with Crippen molar-refractivity contribution in [2.45, 2.75) is 20.3 Å². The van der Waals surface area contributed by atoms with Crippen LogP contribution in [0.15, 0.2) is 24.3 Å². The highest BCUT2D eigenvalue weighted by Gasteiger charge is 2.18. The minimum absolute atomic E-state index is 0.0852. The molecule has 19 heavy (non-hydrogen) atoms. The van der Waals surface area contributed by atoms with Gasteiger partial charge in [-0.3, -0.25) is 4.31 Å². The third-order valence-corrected chi connectivity index (χ3v) is 4.65. The van der Waals surface area contributed by atoms with Crippen LogP contribution in [-0.4, -0.2) is 32.3 Å². The lowest BCUT2D eigenvalue weighted by molar-refractivity contribution is 0.0697. The van der Waals surface area contributed by atoms with Gasteiger partial charge < -0.3 is 5.11 Å². The van der Waals surface area contributed by atoms with Crippen molar-refractivity contribution in [3.63, 3.8) is 0 Å². The van der Waals surface area contributed by atoms with Gasteiger partial charge in [0.1, 0.15) is 0 Å². The first-order valence-electron chi connectivity index (χ1n) is 6.04. The number of nitrogens with zero attached hydrogens (tertiary/aromatic N) is 1. The molecule has 0 radical (unpaired) electrons.